The molecule has 0 radical (unpaired) electrons. The number of thiazole rings is 1. The Morgan fingerprint density at radius 3 is 2.85 bits per heavy atom. The second kappa shape index (κ2) is 5.86. The number of carbonyl (C=O) groups excluding carboxylic acids is 1. The van der Waals surface area contributed by atoms with Crippen molar-refractivity contribution in [3.8, 4) is 11.3 Å². The van der Waals surface area contributed by atoms with Crippen molar-refractivity contribution in [3.05, 3.63) is 78.1 Å². The summed E-state index contributed by atoms with van der Waals surface area (Å²) < 4.78 is 2.01. The van der Waals surface area contributed by atoms with E-state index in [0.717, 1.165) is 32.8 Å². The quantitative estimate of drug-likeness (QED) is 0.487. The first-order valence-corrected chi connectivity index (χ1v) is 9.06. The zero-order valence-corrected chi connectivity index (χ0v) is 14.5. The molecule has 0 aliphatic heterocycles. The smallest absolute Gasteiger partial charge is 0.256 e. The molecule has 0 saturated heterocycles. The Bertz CT molecular complexity index is 1200. The number of aromatic amines is 1. The van der Waals surface area contributed by atoms with E-state index in [1.165, 1.54) is 0 Å². The van der Waals surface area contributed by atoms with E-state index in [1.807, 2.05) is 76.9 Å². The van der Waals surface area contributed by atoms with E-state index >= 15 is 0 Å². The molecule has 5 nitrogen and oxygen atoms in total. The molecular formula is C20H14N4OS. The minimum absolute atomic E-state index is 0.120. The Labute approximate surface area is 152 Å². The minimum Gasteiger partial charge on any atom is -0.361 e. The fourth-order valence-electron chi connectivity index (χ4n) is 3.07. The van der Waals surface area contributed by atoms with E-state index in [9.17, 15) is 4.79 Å². The van der Waals surface area contributed by atoms with Gasteiger partial charge in [0.25, 0.3) is 5.91 Å². The first kappa shape index (κ1) is 14.9. The van der Waals surface area contributed by atoms with Crippen LogP contribution in [0.25, 0.3) is 27.1 Å². The summed E-state index contributed by atoms with van der Waals surface area (Å²) in [7, 11) is 0. The molecule has 3 heterocycles. The molecule has 0 fully saturated rings. The molecule has 6 heteroatoms. The van der Waals surface area contributed by atoms with Crippen LogP contribution in [0.15, 0.2) is 72.5 Å². The molecule has 1 amide bonds. The summed E-state index contributed by atoms with van der Waals surface area (Å²) in [6, 6.07) is 15.3. The zero-order valence-electron chi connectivity index (χ0n) is 13.6. The number of rotatable bonds is 3. The van der Waals surface area contributed by atoms with Crippen molar-refractivity contribution in [1.29, 1.82) is 0 Å². The van der Waals surface area contributed by atoms with Crippen LogP contribution in [0.3, 0.4) is 0 Å². The maximum atomic E-state index is 12.6. The summed E-state index contributed by atoms with van der Waals surface area (Å²) in [6.45, 7) is 0. The SMILES string of the molecule is O=C(Nc1ccc(-c2cn3ccsc3n2)cc1)c1cccc2[nH]ccc12. The number of hydrogen-bond donors (Lipinski definition) is 2. The highest BCUT2D eigenvalue weighted by molar-refractivity contribution is 7.15. The van der Waals surface area contributed by atoms with Crippen LogP contribution in [0.2, 0.25) is 0 Å². The number of nitrogens with zero attached hydrogens (tertiary/aromatic N) is 2. The van der Waals surface area contributed by atoms with Crippen molar-refractivity contribution >= 4 is 38.8 Å². The zero-order chi connectivity index (χ0) is 17.5. The summed E-state index contributed by atoms with van der Waals surface area (Å²) in [5, 5.41) is 5.89. The minimum atomic E-state index is -0.120. The molecule has 0 atom stereocenters. The number of hydrogen-bond acceptors (Lipinski definition) is 3. The van der Waals surface area contributed by atoms with Crippen LogP contribution in [0.1, 0.15) is 10.4 Å². The number of fused-ring (bicyclic) bond motifs is 2. The monoisotopic (exact) mass is 358 g/mol. The van der Waals surface area contributed by atoms with Crippen molar-refractivity contribution < 1.29 is 4.79 Å². The highest BCUT2D eigenvalue weighted by atomic mass is 32.1. The van der Waals surface area contributed by atoms with Crippen LogP contribution in [0.5, 0.6) is 0 Å². The molecule has 0 aliphatic carbocycles. The largest absolute Gasteiger partial charge is 0.361 e. The molecule has 2 aromatic carbocycles. The van der Waals surface area contributed by atoms with Gasteiger partial charge in [-0.3, -0.25) is 9.20 Å². The average molecular weight is 358 g/mol. The third kappa shape index (κ3) is 2.48. The van der Waals surface area contributed by atoms with E-state index in [4.69, 9.17) is 0 Å². The highest BCUT2D eigenvalue weighted by Gasteiger charge is 2.11. The van der Waals surface area contributed by atoms with Crippen molar-refractivity contribution in [2.45, 2.75) is 0 Å². The second-order valence-electron chi connectivity index (χ2n) is 5.99. The third-order valence-corrected chi connectivity index (χ3v) is 5.14. The van der Waals surface area contributed by atoms with Gasteiger partial charge in [-0.1, -0.05) is 18.2 Å². The molecular weight excluding hydrogens is 344 g/mol. The van der Waals surface area contributed by atoms with Crippen LogP contribution < -0.4 is 5.32 Å². The molecule has 2 N–H and O–H groups in total. The molecule has 26 heavy (non-hydrogen) atoms. The molecule has 3 aromatic heterocycles. The molecule has 0 saturated carbocycles. The Hall–Kier alpha value is -3.38. The number of aromatic nitrogens is 3. The van der Waals surface area contributed by atoms with E-state index in [1.54, 1.807) is 11.3 Å². The lowest BCUT2D eigenvalue weighted by atomic mass is 10.1. The lowest BCUT2D eigenvalue weighted by Crippen LogP contribution is -2.12. The maximum Gasteiger partial charge on any atom is 0.256 e. The Kier molecular flexibility index (Phi) is 3.36. The number of imidazole rings is 1. The van der Waals surface area contributed by atoms with Gasteiger partial charge in [0.05, 0.1) is 5.69 Å². The van der Waals surface area contributed by atoms with E-state index < -0.39 is 0 Å². The summed E-state index contributed by atoms with van der Waals surface area (Å²) in [5.74, 6) is -0.120. The van der Waals surface area contributed by atoms with Gasteiger partial charge in [0, 0.05) is 51.7 Å². The molecule has 0 unspecified atom stereocenters. The summed E-state index contributed by atoms with van der Waals surface area (Å²) in [6.07, 6.45) is 5.84. The molecule has 5 aromatic rings. The summed E-state index contributed by atoms with van der Waals surface area (Å²) in [5.41, 5.74) is 4.31. The lowest BCUT2D eigenvalue weighted by molar-refractivity contribution is 0.102. The van der Waals surface area contributed by atoms with Gasteiger partial charge in [0.2, 0.25) is 0 Å². The van der Waals surface area contributed by atoms with Crippen LogP contribution in [0, 0.1) is 0 Å². The summed E-state index contributed by atoms with van der Waals surface area (Å²) >= 11 is 1.61. The number of anilines is 1. The Balaban J connectivity index is 1.40. The lowest BCUT2D eigenvalue weighted by Gasteiger charge is -2.07. The van der Waals surface area contributed by atoms with Crippen LogP contribution in [-0.4, -0.2) is 20.3 Å². The number of nitrogens with one attached hydrogen (secondary N) is 2. The average Bonchev–Trinajstić information content (AvgIpc) is 3.37. The van der Waals surface area contributed by atoms with Gasteiger partial charge in [-0.05, 0) is 30.3 Å². The molecule has 0 aliphatic rings. The first-order valence-electron chi connectivity index (χ1n) is 8.18. The normalized spacial score (nSPS) is 11.2. The van der Waals surface area contributed by atoms with E-state index in [0.29, 0.717) is 5.56 Å². The van der Waals surface area contributed by atoms with Crippen LogP contribution in [-0.2, 0) is 0 Å². The van der Waals surface area contributed by atoms with Gasteiger partial charge < -0.3 is 10.3 Å². The molecule has 0 spiro atoms. The predicted octanol–water partition coefficient (Wildman–Crippen LogP) is 4.80. The standard InChI is InChI=1S/C20H14N4OS/c25-19(16-2-1-3-17-15(16)8-9-21-17)22-14-6-4-13(5-7-14)18-12-24-10-11-26-20(24)23-18/h1-12,21H,(H,22,25). The van der Waals surface area contributed by atoms with Crippen molar-refractivity contribution in [2.24, 2.45) is 0 Å². The van der Waals surface area contributed by atoms with E-state index in [2.05, 4.69) is 15.3 Å². The number of benzene rings is 2. The van der Waals surface area contributed by atoms with Gasteiger partial charge in [-0.25, -0.2) is 4.98 Å². The van der Waals surface area contributed by atoms with E-state index in [-0.39, 0.29) is 5.91 Å². The van der Waals surface area contributed by atoms with Gasteiger partial charge in [0.1, 0.15) is 0 Å². The Morgan fingerprint density at radius 1 is 1.12 bits per heavy atom. The molecule has 5 rings (SSSR count). The first-order chi connectivity index (χ1) is 12.8. The van der Waals surface area contributed by atoms with Crippen LogP contribution >= 0.6 is 11.3 Å². The number of H-pyrrole nitrogens is 1. The second-order valence-corrected chi connectivity index (χ2v) is 6.87. The van der Waals surface area contributed by atoms with Gasteiger partial charge >= 0.3 is 0 Å². The van der Waals surface area contributed by atoms with Gasteiger partial charge in [-0.2, -0.15) is 0 Å². The van der Waals surface area contributed by atoms with Gasteiger partial charge in [0.15, 0.2) is 4.96 Å². The van der Waals surface area contributed by atoms with Crippen molar-refractivity contribution in [1.82, 2.24) is 14.4 Å². The molecule has 0 bridgehead atoms. The maximum absolute atomic E-state index is 12.6. The van der Waals surface area contributed by atoms with Gasteiger partial charge in [-0.15, -0.1) is 11.3 Å². The highest BCUT2D eigenvalue weighted by Crippen LogP contribution is 2.24. The fraction of sp³-hybridized carbons (Fsp3) is 0. The Morgan fingerprint density at radius 2 is 2.00 bits per heavy atom. The molecule has 126 valence electrons. The van der Waals surface area contributed by atoms with Crippen LogP contribution in [0.4, 0.5) is 5.69 Å². The third-order valence-electron chi connectivity index (χ3n) is 4.37. The van der Waals surface area contributed by atoms with Crippen molar-refractivity contribution in [3.63, 3.8) is 0 Å². The summed E-state index contributed by atoms with van der Waals surface area (Å²) in [4.78, 5) is 21.3. The van der Waals surface area contributed by atoms with Crippen molar-refractivity contribution in [2.75, 3.05) is 5.32 Å². The fourth-order valence-corrected chi connectivity index (χ4v) is 3.77. The number of carbonyl (C=O) groups is 1. The topological polar surface area (TPSA) is 62.2 Å². The number of amides is 1. The predicted molar refractivity (Wildman–Crippen MR) is 105 cm³/mol.